The fraction of sp³-hybridized carbons (Fsp3) is 0.511. The van der Waals surface area contributed by atoms with Gasteiger partial charge in [0.25, 0.3) is 0 Å². The van der Waals surface area contributed by atoms with Gasteiger partial charge in [0.15, 0.2) is 0 Å². The summed E-state index contributed by atoms with van der Waals surface area (Å²) in [6.07, 6.45) is 2.63. The summed E-state index contributed by atoms with van der Waals surface area (Å²) in [7, 11) is 2.57. The van der Waals surface area contributed by atoms with Gasteiger partial charge < -0.3 is 44.6 Å². The fourth-order valence-corrected chi connectivity index (χ4v) is 8.08. The van der Waals surface area contributed by atoms with E-state index in [-0.39, 0.29) is 35.6 Å². The van der Waals surface area contributed by atoms with Crippen LogP contribution in [0.3, 0.4) is 0 Å². The molecule has 0 bridgehead atoms. The van der Waals surface area contributed by atoms with Gasteiger partial charge in [-0.25, -0.2) is 19.6 Å². The van der Waals surface area contributed by atoms with Crippen LogP contribution in [0.4, 0.5) is 9.59 Å². The Morgan fingerprint density at radius 1 is 0.867 bits per heavy atom. The van der Waals surface area contributed by atoms with Gasteiger partial charge in [0.2, 0.25) is 11.8 Å². The Balaban J connectivity index is 1.17. The highest BCUT2D eigenvalue weighted by molar-refractivity contribution is 5.87. The first-order valence-electron chi connectivity index (χ1n) is 20.7. The van der Waals surface area contributed by atoms with Crippen LogP contribution < -0.4 is 10.6 Å². The van der Waals surface area contributed by atoms with Crippen LogP contribution in [0, 0.1) is 29.6 Å². The Labute approximate surface area is 351 Å². The molecule has 4 N–H and O–H groups in total. The minimum absolute atomic E-state index is 0.124. The Morgan fingerprint density at radius 2 is 1.48 bits per heavy atom. The second-order valence-electron chi connectivity index (χ2n) is 16.9. The molecule has 2 aromatic heterocycles. The fourth-order valence-electron chi connectivity index (χ4n) is 8.08. The number of rotatable bonds is 12. The molecule has 0 spiro atoms. The average molecular weight is 823 g/mol. The standard InChI is InChI=1S/C45H58N8O7/c1-10-19-60-45(7)22-36(53(25-45)42(55)38(27(4)5)51-44(57)59-9)40-47-32-18-15-30(21-33(32)48-40)12-11-29-13-16-31(17-14-29)34-23-46-39(49-34)35-20-28(6)24-52(35)41(54)37(26(2)3)50-43(56)58-8/h13-18,21,23,26-28,35-38H,10,19-20,22,24-25H2,1-9H3,(H,46,49)(H,47,48)(H,50,56)(H,51,57)/t28-,35-,36-,37-,38-,45-/m0/s1. The number of aromatic amines is 2. The molecule has 2 fully saturated rings. The molecule has 6 rings (SSSR count). The van der Waals surface area contributed by atoms with Crippen molar-refractivity contribution in [2.24, 2.45) is 17.8 Å². The van der Waals surface area contributed by atoms with Crippen LogP contribution >= 0.6 is 0 Å². The van der Waals surface area contributed by atoms with E-state index >= 15 is 0 Å². The number of nitrogens with zero attached hydrogens (tertiary/aromatic N) is 4. The van der Waals surface area contributed by atoms with Crippen LogP contribution in [0.5, 0.6) is 0 Å². The summed E-state index contributed by atoms with van der Waals surface area (Å²) in [6.45, 7) is 15.2. The van der Waals surface area contributed by atoms with Gasteiger partial charge in [0, 0.05) is 30.7 Å². The van der Waals surface area contributed by atoms with Crippen molar-refractivity contribution in [2.75, 3.05) is 33.9 Å². The number of amides is 4. The van der Waals surface area contributed by atoms with Crippen molar-refractivity contribution in [1.29, 1.82) is 0 Å². The van der Waals surface area contributed by atoms with Crippen molar-refractivity contribution >= 4 is 35.0 Å². The second kappa shape index (κ2) is 18.6. The minimum atomic E-state index is -0.781. The highest BCUT2D eigenvalue weighted by atomic mass is 16.5. The molecule has 4 heterocycles. The predicted octanol–water partition coefficient (Wildman–Crippen LogP) is 6.48. The van der Waals surface area contributed by atoms with Crippen molar-refractivity contribution < 1.29 is 33.4 Å². The molecule has 4 amide bonds. The maximum Gasteiger partial charge on any atom is 0.407 e. The first-order chi connectivity index (χ1) is 28.6. The number of carbonyl (C=O) groups is 4. The van der Waals surface area contributed by atoms with Crippen LogP contribution in [0.25, 0.3) is 22.3 Å². The summed E-state index contributed by atoms with van der Waals surface area (Å²) >= 11 is 0. The third-order valence-corrected chi connectivity index (χ3v) is 11.3. The van der Waals surface area contributed by atoms with Crippen LogP contribution in [-0.4, -0.2) is 105 Å². The quantitative estimate of drug-likeness (QED) is 0.116. The summed E-state index contributed by atoms with van der Waals surface area (Å²) in [5.41, 5.74) is 4.33. The minimum Gasteiger partial charge on any atom is -0.453 e. The second-order valence-corrected chi connectivity index (χ2v) is 16.9. The molecule has 320 valence electrons. The summed E-state index contributed by atoms with van der Waals surface area (Å²) in [6, 6.07) is 11.5. The number of nitrogens with one attached hydrogen (secondary N) is 4. The Bertz CT molecular complexity index is 2240. The predicted molar refractivity (Wildman–Crippen MR) is 226 cm³/mol. The molecule has 2 saturated heterocycles. The molecule has 0 radical (unpaired) electrons. The number of benzene rings is 2. The molecule has 6 atom stereocenters. The third kappa shape index (κ3) is 9.76. The SMILES string of the molecule is CCCO[C@@]1(C)C[C@@H](c2nc3ccc(C#Cc4ccc(-c5cnc([C@@H]6C[C@H](C)CN6C(=O)[C@@H](NC(=O)OC)C(C)C)[nH]5)cc4)cc3[nH]2)N(C(=O)[C@@H](NC(=O)OC)C(C)C)C1. The number of imidazole rings is 2. The van der Waals surface area contributed by atoms with Gasteiger partial charge in [-0.3, -0.25) is 9.59 Å². The van der Waals surface area contributed by atoms with Gasteiger partial charge in [-0.05, 0) is 73.4 Å². The van der Waals surface area contributed by atoms with E-state index in [2.05, 4.69) is 51.3 Å². The zero-order valence-corrected chi connectivity index (χ0v) is 36.0. The van der Waals surface area contributed by atoms with Crippen molar-refractivity contribution in [3.05, 3.63) is 71.4 Å². The van der Waals surface area contributed by atoms with E-state index in [1.807, 2.05) is 82.0 Å². The highest BCUT2D eigenvalue weighted by Crippen LogP contribution is 2.40. The number of carbonyl (C=O) groups excluding carboxylic acids is 4. The largest absolute Gasteiger partial charge is 0.453 e. The van der Waals surface area contributed by atoms with Crippen LogP contribution in [0.15, 0.2) is 48.7 Å². The topological polar surface area (TPSA) is 184 Å². The molecule has 2 aliphatic heterocycles. The Morgan fingerprint density at radius 3 is 2.10 bits per heavy atom. The van der Waals surface area contributed by atoms with Crippen LogP contribution in [0.1, 0.15) is 103 Å². The first-order valence-corrected chi connectivity index (χ1v) is 20.7. The number of fused-ring (bicyclic) bond motifs is 1. The Hall–Kier alpha value is -5.88. The normalized spacial score (nSPS) is 21.1. The van der Waals surface area contributed by atoms with Gasteiger partial charge in [-0.15, -0.1) is 0 Å². The number of hydrogen-bond acceptors (Lipinski definition) is 9. The van der Waals surface area contributed by atoms with Gasteiger partial charge in [-0.2, -0.15) is 0 Å². The van der Waals surface area contributed by atoms with Crippen LogP contribution in [0.2, 0.25) is 0 Å². The molecule has 0 saturated carbocycles. The zero-order valence-electron chi connectivity index (χ0n) is 36.0. The number of alkyl carbamates (subject to hydrolysis) is 2. The smallest absolute Gasteiger partial charge is 0.407 e. The molecule has 4 aromatic rings. The lowest BCUT2D eigenvalue weighted by Crippen LogP contribution is -2.52. The summed E-state index contributed by atoms with van der Waals surface area (Å²) in [5.74, 6) is 7.47. The van der Waals surface area contributed by atoms with Crippen molar-refractivity contribution in [1.82, 2.24) is 40.4 Å². The molecule has 2 aliphatic rings. The lowest BCUT2D eigenvalue weighted by atomic mass is 10.0. The lowest BCUT2D eigenvalue weighted by Gasteiger charge is -2.30. The van der Waals surface area contributed by atoms with E-state index in [0.29, 0.717) is 37.8 Å². The van der Waals surface area contributed by atoms with E-state index in [9.17, 15) is 19.2 Å². The van der Waals surface area contributed by atoms with Gasteiger partial charge >= 0.3 is 12.2 Å². The first kappa shape index (κ1) is 43.7. The zero-order chi connectivity index (χ0) is 43.3. The van der Waals surface area contributed by atoms with E-state index < -0.39 is 35.9 Å². The maximum atomic E-state index is 14.1. The number of methoxy groups -OCH3 is 2. The monoisotopic (exact) mass is 822 g/mol. The molecule has 0 unspecified atom stereocenters. The molecule has 15 nitrogen and oxygen atoms in total. The van der Waals surface area contributed by atoms with E-state index in [1.165, 1.54) is 14.2 Å². The van der Waals surface area contributed by atoms with Crippen molar-refractivity contribution in [3.8, 4) is 23.1 Å². The number of hydrogen-bond donors (Lipinski definition) is 4. The number of H-pyrrole nitrogens is 2. The molecule has 0 aliphatic carbocycles. The Kier molecular flexibility index (Phi) is 13.5. The number of likely N-dealkylation sites (tertiary alicyclic amines) is 2. The van der Waals surface area contributed by atoms with Gasteiger partial charge in [0.05, 0.1) is 61.4 Å². The van der Waals surface area contributed by atoms with Gasteiger partial charge in [-0.1, -0.05) is 65.5 Å². The van der Waals surface area contributed by atoms with E-state index in [4.69, 9.17) is 19.2 Å². The molecular formula is C45H58N8O7. The number of aromatic nitrogens is 4. The summed E-state index contributed by atoms with van der Waals surface area (Å²) in [4.78, 5) is 72.0. The van der Waals surface area contributed by atoms with Crippen molar-refractivity contribution in [3.63, 3.8) is 0 Å². The molecule has 2 aromatic carbocycles. The highest BCUT2D eigenvalue weighted by Gasteiger charge is 2.48. The summed E-state index contributed by atoms with van der Waals surface area (Å²) < 4.78 is 15.9. The number of ether oxygens (including phenoxy) is 3. The molecule has 60 heavy (non-hydrogen) atoms. The molecular weight excluding hydrogens is 765 g/mol. The van der Waals surface area contributed by atoms with E-state index in [0.717, 1.165) is 46.3 Å². The maximum absolute atomic E-state index is 14.1. The van der Waals surface area contributed by atoms with Crippen molar-refractivity contribution in [2.45, 2.75) is 97.5 Å². The van der Waals surface area contributed by atoms with Crippen LogP contribution in [-0.2, 0) is 23.8 Å². The van der Waals surface area contributed by atoms with Gasteiger partial charge in [0.1, 0.15) is 23.7 Å². The molecule has 15 heteroatoms. The van der Waals surface area contributed by atoms with E-state index in [1.54, 1.807) is 11.1 Å². The lowest BCUT2D eigenvalue weighted by molar-refractivity contribution is -0.137. The average Bonchev–Trinajstić information content (AvgIpc) is 4.04. The summed E-state index contributed by atoms with van der Waals surface area (Å²) in [5, 5.41) is 5.42. The third-order valence-electron chi connectivity index (χ3n) is 11.3.